The van der Waals surface area contributed by atoms with Crippen molar-refractivity contribution in [1.82, 2.24) is 9.80 Å². The molecule has 1 saturated carbocycles. The molecule has 206 valence electrons. The molecule has 6 unspecified atom stereocenters. The summed E-state index contributed by atoms with van der Waals surface area (Å²) in [6.07, 6.45) is 3.96. The molecule has 11 heteroatoms. The van der Waals surface area contributed by atoms with E-state index >= 15 is 0 Å². The van der Waals surface area contributed by atoms with Crippen LogP contribution in [0.2, 0.25) is 0 Å². The van der Waals surface area contributed by atoms with E-state index in [1.54, 1.807) is 12.1 Å². The lowest BCUT2D eigenvalue weighted by Crippen LogP contribution is -2.61. The van der Waals surface area contributed by atoms with Gasteiger partial charge in [0.2, 0.25) is 11.8 Å². The maximum absolute atomic E-state index is 13.9. The molecular formula is C28H27BrCl2N2O6. The quantitative estimate of drug-likeness (QED) is 0.225. The molecule has 2 saturated heterocycles. The Balaban J connectivity index is 1.52. The van der Waals surface area contributed by atoms with Crippen molar-refractivity contribution in [2.24, 2.45) is 23.7 Å². The number of benzene rings is 1. The lowest BCUT2D eigenvalue weighted by Gasteiger charge is -2.51. The highest BCUT2D eigenvalue weighted by Crippen LogP contribution is 2.65. The number of amides is 4. The van der Waals surface area contributed by atoms with E-state index in [4.69, 9.17) is 27.9 Å². The predicted molar refractivity (Wildman–Crippen MR) is 146 cm³/mol. The predicted octanol–water partition coefficient (Wildman–Crippen LogP) is 4.25. The number of alkyl halides is 3. The third kappa shape index (κ3) is 3.42. The molecule has 2 aliphatic carbocycles. The number of nitrogens with zero attached hydrogens (tertiary/aromatic N) is 2. The van der Waals surface area contributed by atoms with Gasteiger partial charge in [-0.2, -0.15) is 0 Å². The van der Waals surface area contributed by atoms with Crippen LogP contribution in [0.15, 0.2) is 41.7 Å². The summed E-state index contributed by atoms with van der Waals surface area (Å²) in [6.45, 7) is 5.44. The lowest BCUT2D eigenvalue weighted by atomic mass is 9.56. The van der Waals surface area contributed by atoms with E-state index in [-0.39, 0.29) is 35.9 Å². The van der Waals surface area contributed by atoms with E-state index in [1.807, 2.05) is 26.8 Å². The van der Waals surface area contributed by atoms with E-state index in [0.29, 0.717) is 23.3 Å². The Hall–Kier alpha value is -2.36. The first-order chi connectivity index (χ1) is 18.3. The van der Waals surface area contributed by atoms with Crippen molar-refractivity contribution in [3.05, 3.63) is 47.2 Å². The van der Waals surface area contributed by atoms with Crippen molar-refractivity contribution in [1.29, 1.82) is 0 Å². The van der Waals surface area contributed by atoms with Crippen LogP contribution >= 0.6 is 39.1 Å². The number of rotatable bonds is 2. The summed E-state index contributed by atoms with van der Waals surface area (Å²) in [5.41, 5.74) is 1.20. The summed E-state index contributed by atoms with van der Waals surface area (Å²) in [4.78, 5) is 53.4. The number of aromatic hydroxyl groups is 1. The Morgan fingerprint density at radius 2 is 1.82 bits per heavy atom. The van der Waals surface area contributed by atoms with E-state index in [2.05, 4.69) is 15.9 Å². The number of carbonyl (C=O) groups is 4. The zero-order chi connectivity index (χ0) is 28.2. The molecule has 1 aromatic rings. The minimum Gasteiger partial charge on any atom is -0.508 e. The van der Waals surface area contributed by atoms with Crippen molar-refractivity contribution < 1.29 is 29.0 Å². The van der Waals surface area contributed by atoms with Gasteiger partial charge in [0.25, 0.3) is 11.8 Å². The molecule has 0 radical (unpaired) electrons. The number of fused-ring (bicyclic) bond motifs is 5. The van der Waals surface area contributed by atoms with E-state index in [1.165, 1.54) is 17.2 Å². The fraction of sp³-hybridized carbons (Fsp3) is 0.500. The van der Waals surface area contributed by atoms with Gasteiger partial charge < -0.3 is 9.84 Å². The zero-order valence-corrected chi connectivity index (χ0v) is 24.6. The average Bonchev–Trinajstić information content (AvgIpc) is 3.21. The number of halogens is 3. The molecule has 0 aromatic heterocycles. The van der Waals surface area contributed by atoms with Crippen LogP contribution in [-0.4, -0.2) is 59.3 Å². The molecule has 8 nitrogen and oxygen atoms in total. The largest absolute Gasteiger partial charge is 0.508 e. The SMILES string of the molecule is CC(C)(C)N1C(=O)C2CC=C3C(CC4(Cl)C(=O)N(CBr)C(=O)C4(Cl)C3C3=COc4ccc(O)cc4C3)C2C1=O. The van der Waals surface area contributed by atoms with Crippen LogP contribution in [0.3, 0.4) is 0 Å². The minimum absolute atomic E-state index is 0.0574. The van der Waals surface area contributed by atoms with Crippen LogP contribution in [0, 0.1) is 23.7 Å². The Bertz CT molecular complexity index is 1420. The molecular weight excluding hydrogens is 611 g/mol. The van der Waals surface area contributed by atoms with Gasteiger partial charge in [-0.05, 0) is 63.3 Å². The van der Waals surface area contributed by atoms with Gasteiger partial charge in [-0.3, -0.25) is 29.0 Å². The van der Waals surface area contributed by atoms with Crippen molar-refractivity contribution >= 4 is 62.8 Å². The van der Waals surface area contributed by atoms with Crippen LogP contribution in [0.5, 0.6) is 11.5 Å². The van der Waals surface area contributed by atoms with Gasteiger partial charge in [0.05, 0.1) is 23.6 Å². The van der Waals surface area contributed by atoms with Gasteiger partial charge in [0, 0.05) is 23.4 Å². The number of phenols is 1. The van der Waals surface area contributed by atoms with Crippen LogP contribution in [0.1, 0.15) is 39.2 Å². The van der Waals surface area contributed by atoms with Crippen molar-refractivity contribution in [2.75, 3.05) is 5.45 Å². The maximum Gasteiger partial charge on any atom is 0.254 e. The summed E-state index contributed by atoms with van der Waals surface area (Å²) in [7, 11) is 0. The molecule has 5 aliphatic rings. The molecule has 3 fully saturated rings. The number of imide groups is 2. The maximum atomic E-state index is 13.9. The number of hydrogen-bond donors (Lipinski definition) is 1. The molecule has 1 N–H and O–H groups in total. The fourth-order valence-electron chi connectivity index (χ4n) is 7.23. The van der Waals surface area contributed by atoms with E-state index in [0.717, 1.165) is 10.5 Å². The number of carbonyl (C=O) groups excluding carboxylic acids is 4. The number of allylic oxidation sites excluding steroid dienone is 3. The summed E-state index contributed by atoms with van der Waals surface area (Å²) < 4.78 is 5.90. The fourth-order valence-corrected chi connectivity index (χ4v) is 8.67. The van der Waals surface area contributed by atoms with E-state index in [9.17, 15) is 24.3 Å². The lowest BCUT2D eigenvalue weighted by molar-refractivity contribution is -0.146. The third-order valence-corrected chi connectivity index (χ3v) is 10.7. The molecule has 39 heavy (non-hydrogen) atoms. The van der Waals surface area contributed by atoms with Gasteiger partial charge in [-0.1, -0.05) is 27.6 Å². The highest BCUT2D eigenvalue weighted by atomic mass is 79.9. The monoisotopic (exact) mass is 636 g/mol. The van der Waals surface area contributed by atoms with Gasteiger partial charge in [0.1, 0.15) is 11.5 Å². The first-order valence-electron chi connectivity index (χ1n) is 12.8. The van der Waals surface area contributed by atoms with Crippen LogP contribution < -0.4 is 4.74 Å². The van der Waals surface area contributed by atoms with Gasteiger partial charge in [-0.25, -0.2) is 0 Å². The zero-order valence-electron chi connectivity index (χ0n) is 21.5. The molecule has 6 rings (SSSR count). The molecule has 3 aliphatic heterocycles. The third-order valence-electron chi connectivity index (χ3n) is 8.83. The van der Waals surface area contributed by atoms with Gasteiger partial charge >= 0.3 is 0 Å². The second kappa shape index (κ2) is 8.57. The standard InChI is InChI=1S/C28H27BrCl2N2O6/c1-26(2,3)33-22(35)17-6-5-16-18(20(17)23(33)36)10-27(30)24(37)32(12-29)25(38)28(27,31)21(16)14-8-13-9-15(34)4-7-19(13)39-11-14/h4-5,7,9,11,17-18,20-21,34H,6,8,10,12H2,1-3H3. The summed E-state index contributed by atoms with van der Waals surface area (Å²) in [6, 6.07) is 4.74. The smallest absolute Gasteiger partial charge is 0.254 e. The molecule has 1 aromatic carbocycles. The van der Waals surface area contributed by atoms with Crippen molar-refractivity contribution in [3.63, 3.8) is 0 Å². The van der Waals surface area contributed by atoms with Crippen molar-refractivity contribution in [3.8, 4) is 11.5 Å². The number of likely N-dealkylation sites (tertiary alicyclic amines) is 2. The Morgan fingerprint density at radius 1 is 1.10 bits per heavy atom. The Kier molecular flexibility index (Phi) is 5.90. The second-order valence-electron chi connectivity index (χ2n) is 11.9. The van der Waals surface area contributed by atoms with Gasteiger partial charge in [-0.15, -0.1) is 23.2 Å². The number of hydrogen-bond acceptors (Lipinski definition) is 6. The first-order valence-corrected chi connectivity index (χ1v) is 14.7. The average molecular weight is 638 g/mol. The molecule has 4 amide bonds. The summed E-state index contributed by atoms with van der Waals surface area (Å²) in [5.74, 6) is -3.95. The number of phenolic OH excluding ortho intramolecular Hbond substituents is 1. The second-order valence-corrected chi connectivity index (χ2v) is 13.7. The summed E-state index contributed by atoms with van der Waals surface area (Å²) >= 11 is 17.7. The molecule has 3 heterocycles. The Morgan fingerprint density at radius 3 is 2.49 bits per heavy atom. The molecule has 0 bridgehead atoms. The van der Waals surface area contributed by atoms with Crippen LogP contribution in [0.4, 0.5) is 0 Å². The Labute approximate surface area is 244 Å². The highest BCUT2D eigenvalue weighted by Gasteiger charge is 2.76. The topological polar surface area (TPSA) is 104 Å². The highest BCUT2D eigenvalue weighted by molar-refractivity contribution is 9.09. The number of ether oxygens (including phenoxy) is 1. The van der Waals surface area contributed by atoms with Crippen molar-refractivity contribution in [2.45, 2.75) is 55.3 Å². The molecule has 0 spiro atoms. The minimum atomic E-state index is -1.88. The first kappa shape index (κ1) is 26.8. The normalized spacial score (nSPS) is 35.6. The van der Waals surface area contributed by atoms with Crippen LogP contribution in [-0.2, 0) is 25.6 Å². The van der Waals surface area contributed by atoms with Gasteiger partial charge in [0.15, 0.2) is 9.75 Å². The van der Waals surface area contributed by atoms with Crippen LogP contribution in [0.25, 0.3) is 0 Å². The van der Waals surface area contributed by atoms with E-state index < -0.39 is 50.8 Å². The summed E-state index contributed by atoms with van der Waals surface area (Å²) in [5, 5.41) is 10.1. The molecule has 6 atom stereocenters.